The number of carbonyl (C=O) groups excluding carboxylic acids is 1. The maximum atomic E-state index is 13.8. The Morgan fingerprint density at radius 3 is 2.58 bits per heavy atom. The number of fused-ring (bicyclic) bond motifs is 1. The summed E-state index contributed by atoms with van der Waals surface area (Å²) in [7, 11) is 0. The van der Waals surface area contributed by atoms with Gasteiger partial charge in [0.15, 0.2) is 11.2 Å². The maximum absolute atomic E-state index is 13.8. The number of carbonyl (C=O) groups is 2. The Morgan fingerprint density at radius 1 is 1.12 bits per heavy atom. The Labute approximate surface area is 303 Å². The third kappa shape index (κ3) is 10.1. The van der Waals surface area contributed by atoms with Crippen LogP contribution in [0.4, 0.5) is 18.0 Å². The first-order valence-corrected chi connectivity index (χ1v) is 17.1. The van der Waals surface area contributed by atoms with Gasteiger partial charge in [0.1, 0.15) is 16.9 Å². The second-order valence-corrected chi connectivity index (χ2v) is 12.7. The number of carboxylic acid groups (broad SMARTS) is 1. The molecule has 3 N–H and O–H groups in total. The zero-order valence-corrected chi connectivity index (χ0v) is 29.4. The Kier molecular flexibility index (Phi) is 13.7. The summed E-state index contributed by atoms with van der Waals surface area (Å²) in [5, 5.41) is 31.5. The van der Waals surface area contributed by atoms with Crippen molar-refractivity contribution in [1.82, 2.24) is 0 Å². The number of allylic oxidation sites excluding steroid dienone is 3. The van der Waals surface area contributed by atoms with Crippen LogP contribution in [0, 0.1) is 0 Å². The fraction of sp³-hybridized carbons (Fsp3) is 0.333. The van der Waals surface area contributed by atoms with E-state index >= 15 is 0 Å². The van der Waals surface area contributed by atoms with Crippen LogP contribution >= 0.6 is 12.2 Å². The second-order valence-electron chi connectivity index (χ2n) is 12.1. The van der Waals surface area contributed by atoms with E-state index < -0.39 is 41.3 Å². The molecule has 0 aliphatic heterocycles. The van der Waals surface area contributed by atoms with E-state index in [2.05, 4.69) is 0 Å². The lowest BCUT2D eigenvalue weighted by Crippen LogP contribution is -2.44. The molecule has 0 radical (unpaired) electrons. The van der Waals surface area contributed by atoms with Crippen molar-refractivity contribution in [1.29, 1.82) is 0 Å². The zero-order valence-electron chi connectivity index (χ0n) is 28.6. The first-order chi connectivity index (χ1) is 24.7. The number of hydrogen-bond acceptors (Lipinski definition) is 9. The third-order valence-electron chi connectivity index (χ3n) is 8.34. The molecular weight excluding hydrogens is 701 g/mol. The van der Waals surface area contributed by atoms with Crippen molar-refractivity contribution >= 4 is 41.2 Å². The molecule has 1 aliphatic carbocycles. The summed E-state index contributed by atoms with van der Waals surface area (Å²) in [4.78, 5) is 37.6. The number of phenolic OH excluding ortho intramolecular Hbond substituents is 1. The number of aliphatic hydroxyl groups is 1. The van der Waals surface area contributed by atoms with E-state index in [0.29, 0.717) is 35.6 Å². The zero-order chi connectivity index (χ0) is 38.0. The quantitative estimate of drug-likeness (QED) is 0.0445. The van der Waals surface area contributed by atoms with Crippen molar-refractivity contribution < 1.29 is 52.0 Å². The van der Waals surface area contributed by atoms with Gasteiger partial charge < -0.3 is 29.2 Å². The van der Waals surface area contributed by atoms with Gasteiger partial charge in [-0.15, -0.1) is 0 Å². The van der Waals surface area contributed by atoms with Crippen LogP contribution in [0.25, 0.3) is 12.2 Å². The summed E-state index contributed by atoms with van der Waals surface area (Å²) in [5.41, 5.74) is -1.47. The van der Waals surface area contributed by atoms with Gasteiger partial charge >= 0.3 is 18.3 Å². The number of ketones is 1. The minimum atomic E-state index is -4.70. The number of benzene rings is 2. The summed E-state index contributed by atoms with van der Waals surface area (Å²) >= 11 is 5.18. The molecule has 0 amide bonds. The molecule has 0 spiro atoms. The molecule has 0 fully saturated rings. The molecule has 0 saturated carbocycles. The van der Waals surface area contributed by atoms with Gasteiger partial charge in [-0.2, -0.15) is 13.2 Å². The highest BCUT2D eigenvalue weighted by Crippen LogP contribution is 2.38. The van der Waals surface area contributed by atoms with Crippen LogP contribution in [-0.4, -0.2) is 38.7 Å². The first kappa shape index (κ1) is 39.8. The Morgan fingerprint density at radius 2 is 1.88 bits per heavy atom. The number of Topliss-reactive ketones (excluding diaryl/α,β-unsaturated/α-hetero) is 1. The van der Waals surface area contributed by atoms with Gasteiger partial charge in [-0.05, 0) is 74.9 Å². The average molecular weight is 741 g/mol. The van der Waals surface area contributed by atoms with Gasteiger partial charge in [-0.1, -0.05) is 68.1 Å². The van der Waals surface area contributed by atoms with Crippen molar-refractivity contribution in [2.24, 2.45) is 0 Å². The van der Waals surface area contributed by atoms with Crippen LogP contribution in [0.5, 0.6) is 17.4 Å². The number of alkyl halides is 3. The van der Waals surface area contributed by atoms with E-state index in [1.54, 1.807) is 18.2 Å². The fourth-order valence-electron chi connectivity index (χ4n) is 5.79. The standard InChI is InChI=1S/C39H39F3O9S/c1-3-12-28-31(19-18-27(23(2)43)35(28)45)49-20-10-8-6-4-5-7-9-15-30(34(44)24-13-11-14-25(21-24)39(40,41)42)33-36(46)29-17-16-26(52)22-32(29)50-37(33)51-38(47)48/h5,7,9,11,13-15,17-19,21-22,30,34,44-45H,3-4,6,8,10,12,16,20H2,1-2H3,(H,47,48)/b7-5-,15-9+/t30-,34-/m0/s1. The highest BCUT2D eigenvalue weighted by Gasteiger charge is 2.34. The number of aliphatic hydroxyl groups excluding tert-OH is 1. The molecule has 2 atom stereocenters. The lowest BCUT2D eigenvalue weighted by Gasteiger charge is -2.22. The molecule has 13 heteroatoms. The van der Waals surface area contributed by atoms with Crippen molar-refractivity contribution in [3.8, 4) is 17.4 Å². The Bertz CT molecular complexity index is 2050. The summed E-state index contributed by atoms with van der Waals surface area (Å²) in [5.74, 6) is -1.85. The second kappa shape index (κ2) is 18.0. The number of aromatic hydroxyl groups is 1. The molecule has 1 aliphatic rings. The molecule has 1 aromatic heterocycles. The minimum Gasteiger partial charge on any atom is -0.507 e. The normalized spacial score (nSPS) is 14.1. The van der Waals surface area contributed by atoms with Gasteiger partial charge in [0.2, 0.25) is 0 Å². The van der Waals surface area contributed by atoms with Gasteiger partial charge in [-0.3, -0.25) is 9.59 Å². The molecule has 0 unspecified atom stereocenters. The molecule has 2 aromatic carbocycles. The number of rotatable bonds is 16. The van der Waals surface area contributed by atoms with Crippen LogP contribution in [0.2, 0.25) is 0 Å². The van der Waals surface area contributed by atoms with Gasteiger partial charge in [0.05, 0.1) is 34.6 Å². The van der Waals surface area contributed by atoms with Crippen LogP contribution in [0.1, 0.15) is 97.0 Å². The number of ether oxygens (including phenoxy) is 2. The summed E-state index contributed by atoms with van der Waals surface area (Å²) in [6, 6.07) is 7.25. The monoisotopic (exact) mass is 740 g/mol. The molecule has 52 heavy (non-hydrogen) atoms. The fourth-order valence-corrected chi connectivity index (χ4v) is 5.98. The topological polar surface area (TPSA) is 144 Å². The minimum absolute atomic E-state index is 0.0340. The summed E-state index contributed by atoms with van der Waals surface area (Å²) < 4.78 is 57.0. The number of halogens is 3. The van der Waals surface area contributed by atoms with Crippen LogP contribution < -0.4 is 25.5 Å². The molecule has 4 rings (SSSR count). The summed E-state index contributed by atoms with van der Waals surface area (Å²) in [6.07, 6.45) is 5.48. The van der Waals surface area contributed by atoms with Gasteiger partial charge in [0, 0.05) is 22.8 Å². The highest BCUT2D eigenvalue weighted by atomic mass is 32.1. The Hall–Kier alpha value is -5.01. The van der Waals surface area contributed by atoms with Gasteiger partial charge in [0.25, 0.3) is 0 Å². The van der Waals surface area contributed by atoms with E-state index in [-0.39, 0.29) is 45.3 Å². The predicted molar refractivity (Wildman–Crippen MR) is 193 cm³/mol. The van der Waals surface area contributed by atoms with Crippen molar-refractivity contribution in [2.45, 2.75) is 77.0 Å². The van der Waals surface area contributed by atoms with E-state index in [1.165, 1.54) is 37.3 Å². The SMILES string of the molecule is CCCc1c(OCCCCC/C=C\C=C\[C@@H](c2c(OC(=O)O)oc3c(c2=O)=CCC(=S)C=3)[C@@H](O)c2cccc(C(F)(F)F)c2)ccc(C(C)=O)c1O. The third-order valence-corrected chi connectivity index (χ3v) is 8.63. The number of phenols is 1. The molecule has 0 bridgehead atoms. The molecule has 0 saturated heterocycles. The van der Waals surface area contributed by atoms with E-state index in [4.69, 9.17) is 26.1 Å². The lowest BCUT2D eigenvalue weighted by molar-refractivity contribution is -0.137. The van der Waals surface area contributed by atoms with Crippen LogP contribution in [0.3, 0.4) is 0 Å². The van der Waals surface area contributed by atoms with E-state index in [1.807, 2.05) is 13.0 Å². The smallest absolute Gasteiger partial charge is 0.507 e. The van der Waals surface area contributed by atoms with E-state index in [0.717, 1.165) is 43.9 Å². The molecule has 276 valence electrons. The first-order valence-electron chi connectivity index (χ1n) is 16.7. The number of unbranched alkanes of at least 4 members (excludes halogenated alkanes) is 3. The number of hydrogen-bond donors (Lipinski definition) is 3. The van der Waals surface area contributed by atoms with Crippen LogP contribution in [0.15, 0.2) is 69.9 Å². The molecular formula is C39H39F3O9S. The number of thiocarbonyl (C=S) groups is 1. The lowest BCUT2D eigenvalue weighted by atomic mass is 9.88. The van der Waals surface area contributed by atoms with Crippen molar-refractivity contribution in [3.05, 3.63) is 109 Å². The molecule has 3 aromatic rings. The molecule has 9 nitrogen and oxygen atoms in total. The maximum Gasteiger partial charge on any atom is 0.513 e. The average Bonchev–Trinajstić information content (AvgIpc) is 3.08. The summed E-state index contributed by atoms with van der Waals surface area (Å²) in [6.45, 7) is 3.77. The van der Waals surface area contributed by atoms with Crippen LogP contribution in [-0.2, 0) is 12.6 Å². The van der Waals surface area contributed by atoms with Crippen molar-refractivity contribution in [3.63, 3.8) is 0 Å². The van der Waals surface area contributed by atoms with Crippen molar-refractivity contribution in [2.75, 3.05) is 6.61 Å². The predicted octanol–water partition coefficient (Wildman–Crippen LogP) is 7.48. The molecule has 1 heterocycles. The largest absolute Gasteiger partial charge is 0.513 e. The Balaban J connectivity index is 1.51. The van der Waals surface area contributed by atoms with Gasteiger partial charge in [-0.25, -0.2) is 4.79 Å². The highest BCUT2D eigenvalue weighted by molar-refractivity contribution is 7.81. The van der Waals surface area contributed by atoms with E-state index in [9.17, 15) is 42.9 Å².